The van der Waals surface area contributed by atoms with E-state index in [4.69, 9.17) is 0 Å². The van der Waals surface area contributed by atoms with Gasteiger partial charge in [-0.15, -0.1) is 0 Å². The lowest BCUT2D eigenvalue weighted by atomic mass is 10.1. The lowest BCUT2D eigenvalue weighted by Gasteiger charge is -2.07. The summed E-state index contributed by atoms with van der Waals surface area (Å²) in [7, 11) is -3.76. The number of fused-ring (bicyclic) bond motifs is 1. The number of hydrogen-bond donors (Lipinski definition) is 0. The largest absolute Gasteiger partial charge is 0.269 e. The van der Waals surface area contributed by atoms with Crippen molar-refractivity contribution in [1.29, 1.82) is 0 Å². The predicted octanol–water partition coefficient (Wildman–Crippen LogP) is 4.68. The molecular weight excluding hydrogens is 466 g/mol. The second kappa shape index (κ2) is 6.48. The van der Waals surface area contributed by atoms with Crippen LogP contribution in [-0.2, 0) is 10.0 Å². The first-order valence-corrected chi connectivity index (χ1v) is 10.2. The number of aromatic nitrogens is 2. The van der Waals surface area contributed by atoms with E-state index in [-0.39, 0.29) is 10.7 Å². The first kappa shape index (κ1) is 17.2. The van der Waals surface area contributed by atoms with Crippen LogP contribution in [0.25, 0.3) is 22.2 Å². The molecule has 130 valence electrons. The molecule has 0 unspecified atom stereocenters. The zero-order chi connectivity index (χ0) is 18.3. The van der Waals surface area contributed by atoms with Gasteiger partial charge in [0.25, 0.3) is 10.0 Å². The topological polar surface area (TPSA) is 52.0 Å². The Hall–Kier alpha value is -2.26. The molecule has 4 nitrogen and oxygen atoms in total. The lowest BCUT2D eigenvalue weighted by Crippen LogP contribution is -2.12. The van der Waals surface area contributed by atoms with Gasteiger partial charge in [0, 0.05) is 32.5 Å². The van der Waals surface area contributed by atoms with Crippen molar-refractivity contribution in [2.75, 3.05) is 0 Å². The van der Waals surface area contributed by atoms with Crippen LogP contribution in [0.5, 0.6) is 0 Å². The maximum Gasteiger partial charge on any atom is 0.269 e. The Morgan fingerprint density at radius 3 is 2.42 bits per heavy atom. The third-order valence-electron chi connectivity index (χ3n) is 4.05. The molecule has 0 aliphatic rings. The van der Waals surface area contributed by atoms with Gasteiger partial charge in [0.05, 0.1) is 4.90 Å². The fraction of sp³-hybridized carbons (Fsp3) is 0. The highest BCUT2D eigenvalue weighted by atomic mass is 127. The van der Waals surface area contributed by atoms with Crippen molar-refractivity contribution in [3.63, 3.8) is 0 Å². The van der Waals surface area contributed by atoms with Gasteiger partial charge in [0.15, 0.2) is 5.65 Å². The Kier molecular flexibility index (Phi) is 4.28. The molecule has 2 heterocycles. The molecular formula is C19H12FIN2O2S. The Morgan fingerprint density at radius 1 is 1.00 bits per heavy atom. The molecule has 2 aromatic heterocycles. The van der Waals surface area contributed by atoms with Crippen molar-refractivity contribution in [2.24, 2.45) is 0 Å². The lowest BCUT2D eigenvalue weighted by molar-refractivity contribution is 0.588. The van der Waals surface area contributed by atoms with E-state index in [0.717, 1.165) is 3.57 Å². The van der Waals surface area contributed by atoms with Gasteiger partial charge in [0.1, 0.15) is 5.82 Å². The molecule has 0 radical (unpaired) electrons. The average Bonchev–Trinajstić information content (AvgIpc) is 3.00. The minimum Gasteiger partial charge on any atom is -0.237 e. The van der Waals surface area contributed by atoms with E-state index >= 15 is 0 Å². The van der Waals surface area contributed by atoms with E-state index in [1.807, 2.05) is 0 Å². The van der Waals surface area contributed by atoms with E-state index in [2.05, 4.69) is 27.6 Å². The standard InChI is InChI=1S/C19H12FIN2O2S/c20-17-9-5-4-8-15(17)13-10-16-18(21)12-23(19(16)22-11-13)26(24,25)14-6-2-1-3-7-14/h1-12H. The van der Waals surface area contributed by atoms with Crippen LogP contribution in [-0.4, -0.2) is 17.4 Å². The first-order chi connectivity index (χ1) is 12.5. The van der Waals surface area contributed by atoms with Crippen molar-refractivity contribution in [2.45, 2.75) is 4.90 Å². The Labute approximate surface area is 163 Å². The molecule has 26 heavy (non-hydrogen) atoms. The van der Waals surface area contributed by atoms with Crippen LogP contribution in [0.3, 0.4) is 0 Å². The van der Waals surface area contributed by atoms with Crippen molar-refractivity contribution >= 4 is 43.6 Å². The van der Waals surface area contributed by atoms with Crippen LogP contribution in [0.15, 0.2) is 78.0 Å². The van der Waals surface area contributed by atoms with Crippen LogP contribution in [0.4, 0.5) is 4.39 Å². The number of benzene rings is 2. The molecule has 0 aliphatic carbocycles. The molecule has 0 saturated carbocycles. The molecule has 0 aliphatic heterocycles. The number of pyridine rings is 1. The van der Waals surface area contributed by atoms with Crippen molar-refractivity contribution in [3.8, 4) is 11.1 Å². The van der Waals surface area contributed by atoms with E-state index in [9.17, 15) is 12.8 Å². The minimum absolute atomic E-state index is 0.188. The Bertz CT molecular complexity index is 1220. The third-order valence-corrected chi connectivity index (χ3v) is 6.57. The molecule has 0 amide bonds. The Morgan fingerprint density at radius 2 is 1.69 bits per heavy atom. The SMILES string of the molecule is O=S(=O)(c1ccccc1)n1cc(I)c2cc(-c3ccccc3F)cnc21. The number of halogens is 2. The van der Waals surface area contributed by atoms with Gasteiger partial charge in [-0.1, -0.05) is 36.4 Å². The average molecular weight is 478 g/mol. The zero-order valence-corrected chi connectivity index (χ0v) is 16.3. The Balaban J connectivity index is 1.92. The summed E-state index contributed by atoms with van der Waals surface area (Å²) in [6, 6.07) is 16.4. The zero-order valence-electron chi connectivity index (χ0n) is 13.3. The normalized spacial score (nSPS) is 11.8. The summed E-state index contributed by atoms with van der Waals surface area (Å²) in [6.45, 7) is 0. The predicted molar refractivity (Wildman–Crippen MR) is 107 cm³/mol. The highest BCUT2D eigenvalue weighted by Crippen LogP contribution is 2.30. The van der Waals surface area contributed by atoms with Crippen molar-refractivity contribution < 1.29 is 12.8 Å². The molecule has 2 aromatic carbocycles. The van der Waals surface area contributed by atoms with Gasteiger partial charge in [-0.2, -0.15) is 0 Å². The van der Waals surface area contributed by atoms with Crippen molar-refractivity contribution in [3.05, 3.63) is 82.4 Å². The first-order valence-electron chi connectivity index (χ1n) is 7.70. The summed E-state index contributed by atoms with van der Waals surface area (Å²) < 4.78 is 41.8. The van der Waals surface area contributed by atoms with Gasteiger partial charge >= 0.3 is 0 Å². The van der Waals surface area contributed by atoms with Gasteiger partial charge in [-0.05, 0) is 46.9 Å². The molecule has 0 saturated heterocycles. The molecule has 0 N–H and O–H groups in total. The molecule has 7 heteroatoms. The van der Waals surface area contributed by atoms with Crippen LogP contribution in [0, 0.1) is 9.39 Å². The number of nitrogens with zero attached hydrogens (tertiary/aromatic N) is 2. The molecule has 0 spiro atoms. The summed E-state index contributed by atoms with van der Waals surface area (Å²) >= 11 is 2.06. The fourth-order valence-electron chi connectivity index (χ4n) is 2.77. The highest BCUT2D eigenvalue weighted by Gasteiger charge is 2.22. The maximum atomic E-state index is 14.1. The van der Waals surface area contributed by atoms with Crippen LogP contribution in [0.2, 0.25) is 0 Å². The van der Waals surface area contributed by atoms with Crippen LogP contribution in [0.1, 0.15) is 0 Å². The van der Waals surface area contributed by atoms with Crippen LogP contribution >= 0.6 is 22.6 Å². The summed E-state index contributed by atoms with van der Waals surface area (Å²) in [5.74, 6) is -0.347. The molecule has 4 rings (SSSR count). The summed E-state index contributed by atoms with van der Waals surface area (Å²) in [6.07, 6.45) is 3.03. The summed E-state index contributed by atoms with van der Waals surface area (Å²) in [5.41, 5.74) is 1.35. The smallest absolute Gasteiger partial charge is 0.237 e. The molecule has 0 atom stereocenters. The maximum absolute atomic E-state index is 14.1. The van der Waals surface area contributed by atoms with E-state index < -0.39 is 10.0 Å². The van der Waals surface area contributed by atoms with Gasteiger partial charge in [0.2, 0.25) is 0 Å². The number of rotatable bonds is 3. The van der Waals surface area contributed by atoms with Crippen molar-refractivity contribution in [1.82, 2.24) is 8.96 Å². The number of hydrogen-bond acceptors (Lipinski definition) is 3. The monoisotopic (exact) mass is 478 g/mol. The minimum atomic E-state index is -3.76. The highest BCUT2D eigenvalue weighted by molar-refractivity contribution is 14.1. The van der Waals surface area contributed by atoms with E-state index in [0.29, 0.717) is 22.2 Å². The van der Waals surface area contributed by atoms with Gasteiger partial charge in [-0.25, -0.2) is 21.8 Å². The second-order valence-corrected chi connectivity index (χ2v) is 8.64. The summed E-state index contributed by atoms with van der Waals surface area (Å²) in [5, 5.41) is 0.658. The van der Waals surface area contributed by atoms with Gasteiger partial charge in [-0.3, -0.25) is 0 Å². The summed E-state index contributed by atoms with van der Waals surface area (Å²) in [4.78, 5) is 4.51. The molecule has 4 aromatic rings. The second-order valence-electron chi connectivity index (χ2n) is 5.67. The van der Waals surface area contributed by atoms with E-state index in [1.54, 1.807) is 54.6 Å². The van der Waals surface area contributed by atoms with Crippen LogP contribution < -0.4 is 0 Å². The third kappa shape index (κ3) is 2.80. The fourth-order valence-corrected chi connectivity index (χ4v) is 4.98. The quantitative estimate of drug-likeness (QED) is 0.402. The van der Waals surface area contributed by atoms with Gasteiger partial charge < -0.3 is 0 Å². The molecule has 0 fully saturated rings. The molecule has 0 bridgehead atoms. The van der Waals surface area contributed by atoms with E-state index in [1.165, 1.54) is 22.4 Å².